The quantitative estimate of drug-likeness (QED) is 0.185. The molecule has 7 rings (SSSR count). The molecule has 3 saturated heterocycles. The van der Waals surface area contributed by atoms with Crippen LogP contribution in [-0.4, -0.2) is 258 Å². The van der Waals surface area contributed by atoms with Crippen LogP contribution in [0.15, 0.2) is 29.8 Å². The number of amides is 1. The second-order valence-electron chi connectivity index (χ2n) is 31.3. The van der Waals surface area contributed by atoms with Crippen LogP contribution in [0.2, 0.25) is 5.02 Å². The molecular weight excluding hydrogens is 1170 g/mol. The van der Waals surface area contributed by atoms with Crippen molar-refractivity contribution in [2.75, 3.05) is 161 Å². The highest BCUT2D eigenvalue weighted by Crippen LogP contribution is 2.37. The zero-order valence-electron chi connectivity index (χ0n) is 59.7. The van der Waals surface area contributed by atoms with Gasteiger partial charge in [0.1, 0.15) is 0 Å². The van der Waals surface area contributed by atoms with Gasteiger partial charge in [-0.25, -0.2) is 0 Å². The van der Waals surface area contributed by atoms with Gasteiger partial charge in [-0.1, -0.05) is 107 Å². The number of carbonyl (C=O) groups excluding carboxylic acids is 1. The van der Waals surface area contributed by atoms with E-state index in [2.05, 4.69) is 143 Å². The Hall–Kier alpha value is -1.93. The SMILES string of the molecule is CC(C)=CC[C@H]1CN(C)CCN(C)CCN(C)[C@@H](CC2CCCCC2)CN(C)CCN[C@@H](CCc2ccc(C(F)(F)F)c(Cl)c2)CN2CCC[C@H]2CNC2(CCCC2)CN(C)[C@@H](C2CCCCC2)CN(C)[C@H](C(=O)N2CCCCC2)CCN(C)[C@@H](CC(C)C)CN1. The summed E-state index contributed by atoms with van der Waals surface area (Å²) in [6, 6.07) is 6.26. The van der Waals surface area contributed by atoms with Gasteiger partial charge in [-0.15, -0.1) is 0 Å². The number of benzene rings is 1. The van der Waals surface area contributed by atoms with E-state index < -0.39 is 11.7 Å². The zero-order valence-corrected chi connectivity index (χ0v) is 60.5. The van der Waals surface area contributed by atoms with Crippen LogP contribution in [0.25, 0.3) is 0 Å². The third kappa shape index (κ3) is 25.8. The van der Waals surface area contributed by atoms with Crippen molar-refractivity contribution in [2.45, 2.75) is 242 Å². The van der Waals surface area contributed by atoms with Gasteiger partial charge in [-0.2, -0.15) is 13.2 Å². The predicted molar refractivity (Wildman–Crippen MR) is 377 cm³/mol. The number of fused-ring (bicyclic) bond motifs is 1. The second kappa shape index (κ2) is 38.9. The summed E-state index contributed by atoms with van der Waals surface area (Å²) in [5, 5.41) is 12.4. The summed E-state index contributed by atoms with van der Waals surface area (Å²) >= 11 is 6.34. The van der Waals surface area contributed by atoms with Gasteiger partial charge in [0.2, 0.25) is 5.91 Å². The molecule has 3 N–H and O–H groups in total. The van der Waals surface area contributed by atoms with Crippen molar-refractivity contribution in [1.29, 1.82) is 0 Å². The number of alkyl halides is 3. The first-order chi connectivity index (χ1) is 43.5. The summed E-state index contributed by atoms with van der Waals surface area (Å²) in [5.74, 6) is 2.27. The van der Waals surface area contributed by atoms with Gasteiger partial charge < -0.3 is 50.2 Å². The van der Waals surface area contributed by atoms with Gasteiger partial charge in [0.05, 0.1) is 16.6 Å². The molecule has 0 aromatic heterocycles. The number of halogens is 4. The first kappa shape index (κ1) is 76.4. The maximum absolute atomic E-state index is 15.1. The highest BCUT2D eigenvalue weighted by molar-refractivity contribution is 6.31. The van der Waals surface area contributed by atoms with Gasteiger partial charge in [0.15, 0.2) is 0 Å². The Morgan fingerprint density at radius 2 is 1.31 bits per heavy atom. The molecule has 1 aromatic carbocycles. The van der Waals surface area contributed by atoms with Crippen LogP contribution in [0.1, 0.15) is 193 Å². The number of nitrogens with one attached hydrogen (secondary N) is 3. The normalized spacial score (nSPS) is 29.6. The van der Waals surface area contributed by atoms with Crippen LogP contribution in [-0.2, 0) is 17.4 Å². The number of allylic oxidation sites excluding steroid dienone is 1. The summed E-state index contributed by atoms with van der Waals surface area (Å²) in [6.45, 7) is 25.5. The lowest BCUT2D eigenvalue weighted by Gasteiger charge is -2.45. The summed E-state index contributed by atoms with van der Waals surface area (Å²) in [4.78, 5) is 38.3. The van der Waals surface area contributed by atoms with E-state index in [9.17, 15) is 13.2 Å². The Balaban J connectivity index is 1.15. The molecule has 7 atom stereocenters. The molecule has 13 nitrogen and oxygen atoms in total. The number of rotatable bonds is 11. The minimum Gasteiger partial charge on any atom is -0.341 e. The number of nitrogens with zero attached hydrogens (tertiary/aromatic N) is 9. The molecule has 524 valence electrons. The number of aryl methyl sites for hydroxylation is 1. The van der Waals surface area contributed by atoms with E-state index in [1.807, 2.05) is 0 Å². The first-order valence-electron chi connectivity index (χ1n) is 37.1. The van der Waals surface area contributed by atoms with Crippen molar-refractivity contribution in [3.63, 3.8) is 0 Å². The average Bonchev–Trinajstić information content (AvgIpc) is 2.24. The fraction of sp³-hybridized carbons (Fsp3) is 0.878. The Bertz CT molecular complexity index is 2230. The largest absolute Gasteiger partial charge is 0.417 e. The molecule has 3 saturated carbocycles. The van der Waals surface area contributed by atoms with Crippen LogP contribution in [0.3, 0.4) is 0 Å². The van der Waals surface area contributed by atoms with Gasteiger partial charge in [-0.05, 0) is 201 Å². The summed E-state index contributed by atoms with van der Waals surface area (Å²) in [5.41, 5.74) is 1.48. The lowest BCUT2D eigenvalue weighted by Crippen LogP contribution is -2.59. The van der Waals surface area contributed by atoms with Gasteiger partial charge in [0.25, 0.3) is 0 Å². The predicted octanol–water partition coefficient (Wildman–Crippen LogP) is 11.9. The maximum atomic E-state index is 15.1. The Labute approximate surface area is 559 Å². The molecular formula is C74H134ClF3N12O. The summed E-state index contributed by atoms with van der Waals surface area (Å²) in [6.07, 6.45) is 27.4. The van der Waals surface area contributed by atoms with Crippen molar-refractivity contribution >= 4 is 17.5 Å². The number of hydrogen-bond donors (Lipinski definition) is 3. The number of likely N-dealkylation sites (N-methyl/N-ethyl adjacent to an activating group) is 7. The maximum Gasteiger partial charge on any atom is 0.417 e. The van der Waals surface area contributed by atoms with E-state index in [-0.39, 0.29) is 22.6 Å². The van der Waals surface area contributed by atoms with E-state index in [0.717, 1.165) is 168 Å². The number of likely N-dealkylation sites (tertiary alicyclic amines) is 1. The second-order valence-corrected chi connectivity index (χ2v) is 31.7. The lowest BCUT2D eigenvalue weighted by atomic mass is 9.82. The van der Waals surface area contributed by atoms with E-state index in [1.165, 1.54) is 121 Å². The van der Waals surface area contributed by atoms with Gasteiger partial charge in [0, 0.05) is 147 Å². The Kier molecular flexibility index (Phi) is 32.6. The fourth-order valence-electron chi connectivity index (χ4n) is 16.9. The van der Waals surface area contributed by atoms with E-state index >= 15 is 4.79 Å². The number of piperidine rings is 1. The van der Waals surface area contributed by atoms with E-state index in [4.69, 9.17) is 11.6 Å². The van der Waals surface area contributed by atoms with E-state index in [0.29, 0.717) is 54.4 Å². The molecule has 3 aliphatic carbocycles. The van der Waals surface area contributed by atoms with Crippen molar-refractivity contribution in [3.8, 4) is 0 Å². The molecule has 91 heavy (non-hydrogen) atoms. The molecule has 1 spiro atoms. The molecule has 0 unspecified atom stereocenters. The minimum atomic E-state index is -4.48. The fourth-order valence-corrected chi connectivity index (χ4v) is 17.2. The van der Waals surface area contributed by atoms with Gasteiger partial charge >= 0.3 is 6.18 Å². The summed E-state index contributed by atoms with van der Waals surface area (Å²) < 4.78 is 41.6. The third-order valence-electron chi connectivity index (χ3n) is 22.8. The zero-order chi connectivity index (χ0) is 65.5. The topological polar surface area (TPSA) is 82.3 Å². The number of hydrogen-bond acceptors (Lipinski definition) is 12. The van der Waals surface area contributed by atoms with Crippen molar-refractivity contribution in [1.82, 2.24) is 60.0 Å². The monoisotopic (exact) mass is 1300 g/mol. The van der Waals surface area contributed by atoms with Crippen molar-refractivity contribution in [2.24, 2.45) is 17.8 Å². The molecule has 1 amide bonds. The van der Waals surface area contributed by atoms with Crippen molar-refractivity contribution in [3.05, 3.63) is 46.0 Å². The highest BCUT2D eigenvalue weighted by atomic mass is 35.5. The molecule has 6 fully saturated rings. The van der Waals surface area contributed by atoms with Crippen molar-refractivity contribution < 1.29 is 18.0 Å². The standard InChI is InChI=1S/C74H134ClF3N12O/c1-58(2)29-32-63-53-84(7)45-44-82(5)46-47-86(9)67(49-60-24-15-12-16-25-60)55-83(6)43-38-79-64(33-30-61-31-34-68(69(75)50-61)74(76,77)78)54-90-41-23-28-65(90)52-81-73(36-19-20-37-73)57-88(11)71(62-26-17-13-18-27-62)56-87(10)70(72(91)89-39-21-14-22-40-89)35-42-85(8)66(51-80-63)48-59(3)4/h29,31,34,50,59-60,62-67,70-71,79-81H,12-28,30,32-33,35-49,51-57H2,1-11H3/t63-,64-,65-,66-,67-,70-,71+/m0/s1. The molecule has 0 radical (unpaired) electrons. The van der Waals surface area contributed by atoms with Crippen LogP contribution < -0.4 is 16.0 Å². The Morgan fingerprint density at radius 1 is 0.648 bits per heavy atom. The first-order valence-corrected chi connectivity index (χ1v) is 37.5. The van der Waals surface area contributed by atoms with Crippen LogP contribution in [0, 0.1) is 17.8 Å². The van der Waals surface area contributed by atoms with E-state index in [1.54, 1.807) is 12.1 Å². The number of carbonyl (C=O) groups is 1. The molecule has 1 aromatic rings. The smallest absolute Gasteiger partial charge is 0.341 e. The Morgan fingerprint density at radius 3 is 1.99 bits per heavy atom. The molecule has 3 heterocycles. The van der Waals surface area contributed by atoms with Crippen LogP contribution in [0.5, 0.6) is 0 Å². The molecule has 3 aliphatic heterocycles. The van der Waals surface area contributed by atoms with Crippen LogP contribution >= 0.6 is 11.6 Å². The lowest BCUT2D eigenvalue weighted by molar-refractivity contribution is -0.138. The molecule has 0 bridgehead atoms. The third-order valence-corrected chi connectivity index (χ3v) is 23.1. The van der Waals surface area contributed by atoms with Gasteiger partial charge in [-0.3, -0.25) is 14.6 Å². The molecule has 6 aliphatic rings. The minimum absolute atomic E-state index is 0.0274. The molecule has 17 heteroatoms. The highest BCUT2D eigenvalue weighted by Gasteiger charge is 2.41. The summed E-state index contributed by atoms with van der Waals surface area (Å²) in [7, 11) is 16.4. The average molecular weight is 1300 g/mol. The van der Waals surface area contributed by atoms with Crippen LogP contribution in [0.4, 0.5) is 13.2 Å².